The molecule has 160 valence electrons. The number of esters is 1. The van der Waals surface area contributed by atoms with Crippen LogP contribution < -0.4 is 16.5 Å². The minimum Gasteiger partial charge on any atom is -0.464 e. The predicted molar refractivity (Wildman–Crippen MR) is 116 cm³/mol. The van der Waals surface area contributed by atoms with Gasteiger partial charge in [-0.15, -0.1) is 0 Å². The monoisotopic (exact) mass is 411 g/mol. The van der Waals surface area contributed by atoms with Gasteiger partial charge in [-0.3, -0.25) is 4.98 Å². The number of amides is 2. The number of carbonyl (C=O) groups excluding carboxylic acids is 2. The average Bonchev–Trinajstić information content (AvgIpc) is 2.75. The number of pyridine rings is 1. The zero-order valence-corrected chi connectivity index (χ0v) is 17.2. The summed E-state index contributed by atoms with van der Waals surface area (Å²) in [4.78, 5) is 28.4. The van der Waals surface area contributed by atoms with Crippen molar-refractivity contribution in [3.63, 3.8) is 0 Å². The number of ether oxygens (including phenoxy) is 1. The second-order valence-electron chi connectivity index (χ2n) is 6.75. The predicted octanol–water partition coefficient (Wildman–Crippen LogP) is 2.17. The van der Waals surface area contributed by atoms with Gasteiger partial charge in [0.25, 0.3) is 0 Å². The van der Waals surface area contributed by atoms with Crippen LogP contribution in [0.1, 0.15) is 36.5 Å². The van der Waals surface area contributed by atoms with Gasteiger partial charge in [-0.25, -0.2) is 9.59 Å². The summed E-state index contributed by atoms with van der Waals surface area (Å²) in [6, 6.07) is 10.5. The number of rotatable bonds is 11. The number of carbonyl (C=O) groups is 2. The first kappa shape index (κ1) is 22.9. The van der Waals surface area contributed by atoms with Crippen LogP contribution in [0.5, 0.6) is 0 Å². The molecule has 0 saturated heterocycles. The van der Waals surface area contributed by atoms with E-state index >= 15 is 0 Å². The lowest BCUT2D eigenvalue weighted by Crippen LogP contribution is -2.48. The molecule has 2 rings (SSSR count). The van der Waals surface area contributed by atoms with Gasteiger partial charge >= 0.3 is 12.0 Å². The smallest absolute Gasteiger partial charge is 0.329 e. The molecule has 2 amide bonds. The number of unbranched alkanes of at least 4 members (excludes halogenated alkanes) is 1. The summed E-state index contributed by atoms with van der Waals surface area (Å²) in [6.07, 6.45) is 7.92. The van der Waals surface area contributed by atoms with E-state index in [4.69, 9.17) is 10.6 Å². The van der Waals surface area contributed by atoms with Gasteiger partial charge in [0, 0.05) is 25.4 Å². The number of nitrogens with two attached hydrogens (primary N) is 1. The summed E-state index contributed by atoms with van der Waals surface area (Å²) in [7, 11) is 0. The lowest BCUT2D eigenvalue weighted by molar-refractivity contribution is -0.145. The largest absolute Gasteiger partial charge is 0.464 e. The number of urea groups is 1. The van der Waals surface area contributed by atoms with Crippen molar-refractivity contribution in [2.24, 2.45) is 10.9 Å². The first-order valence-electron chi connectivity index (χ1n) is 10.0. The fraction of sp³-hybridized carbons (Fsp3) is 0.364. The number of aromatic nitrogens is 1. The van der Waals surface area contributed by atoms with E-state index < -0.39 is 12.0 Å². The number of nitrogens with one attached hydrogen (secondary N) is 2. The molecule has 30 heavy (non-hydrogen) atoms. The molecule has 0 bridgehead atoms. The second-order valence-corrected chi connectivity index (χ2v) is 6.75. The van der Waals surface area contributed by atoms with E-state index in [-0.39, 0.29) is 12.6 Å². The molecule has 0 aliphatic rings. The van der Waals surface area contributed by atoms with Gasteiger partial charge in [-0.2, -0.15) is 5.10 Å². The Morgan fingerprint density at radius 1 is 1.20 bits per heavy atom. The fourth-order valence-electron chi connectivity index (χ4n) is 2.91. The van der Waals surface area contributed by atoms with Crippen LogP contribution in [0.25, 0.3) is 0 Å². The normalized spacial score (nSPS) is 11.8. The summed E-state index contributed by atoms with van der Waals surface area (Å²) in [5, 5.41) is 9.01. The van der Waals surface area contributed by atoms with Crippen LogP contribution in [0.2, 0.25) is 0 Å². The fourth-order valence-corrected chi connectivity index (χ4v) is 2.91. The third-order valence-electron chi connectivity index (χ3n) is 4.42. The highest BCUT2D eigenvalue weighted by Crippen LogP contribution is 2.07. The number of aryl methyl sites for hydroxylation is 1. The Morgan fingerprint density at radius 2 is 2.00 bits per heavy atom. The lowest BCUT2D eigenvalue weighted by Gasteiger charge is -2.17. The molecule has 1 heterocycles. The van der Waals surface area contributed by atoms with Crippen LogP contribution in [-0.4, -0.2) is 42.4 Å². The van der Waals surface area contributed by atoms with Crippen LogP contribution in [0, 0.1) is 0 Å². The van der Waals surface area contributed by atoms with Gasteiger partial charge in [0.1, 0.15) is 6.04 Å². The molecule has 0 spiro atoms. The topological polar surface area (TPSA) is 119 Å². The molecule has 1 aromatic heterocycles. The Hall–Kier alpha value is -3.42. The molecule has 8 heteroatoms. The highest BCUT2D eigenvalue weighted by atomic mass is 16.5. The Morgan fingerprint density at radius 3 is 2.67 bits per heavy atom. The van der Waals surface area contributed by atoms with Crippen LogP contribution in [0.4, 0.5) is 4.79 Å². The van der Waals surface area contributed by atoms with E-state index in [1.54, 1.807) is 31.6 Å². The third-order valence-corrected chi connectivity index (χ3v) is 4.42. The molecule has 8 nitrogen and oxygen atoms in total. The Balaban J connectivity index is 1.73. The highest BCUT2D eigenvalue weighted by Gasteiger charge is 2.22. The minimum absolute atomic E-state index is 0.256. The van der Waals surface area contributed by atoms with Crippen molar-refractivity contribution < 1.29 is 14.3 Å². The molecule has 1 aromatic carbocycles. The number of hydrogen-bond acceptors (Lipinski definition) is 6. The van der Waals surface area contributed by atoms with E-state index in [1.807, 2.05) is 30.3 Å². The SMILES string of the molecule is CCOC(=O)C(Cc1cccnc1)NC(=O)NCCCCc1ccc(C=NN)cc1. The molecule has 1 atom stereocenters. The minimum atomic E-state index is -0.760. The second kappa shape index (κ2) is 12.9. The molecular formula is C22H29N5O3. The zero-order chi connectivity index (χ0) is 21.6. The molecular weight excluding hydrogens is 382 g/mol. The number of nitrogens with zero attached hydrogens (tertiary/aromatic N) is 2. The van der Waals surface area contributed by atoms with Gasteiger partial charge in [-0.05, 0) is 48.9 Å². The van der Waals surface area contributed by atoms with Crippen LogP contribution in [0.3, 0.4) is 0 Å². The quantitative estimate of drug-likeness (QED) is 0.172. The standard InChI is InChI=1S/C22H29N5O3/c1-2-30-21(28)20(14-19-7-5-12-24-15-19)27-22(29)25-13-4-3-6-17-8-10-18(11-9-17)16-26-23/h5,7-12,15-16,20H,2-4,6,13-14,23H2,1H3,(H2,25,27,29). The van der Waals surface area contributed by atoms with E-state index in [0.717, 1.165) is 30.4 Å². The lowest BCUT2D eigenvalue weighted by atomic mass is 10.1. The molecule has 1 unspecified atom stereocenters. The summed E-state index contributed by atoms with van der Waals surface area (Å²) in [5.41, 5.74) is 3.02. The Bertz CT molecular complexity index is 809. The first-order chi connectivity index (χ1) is 14.6. The summed E-state index contributed by atoms with van der Waals surface area (Å²) >= 11 is 0. The maximum Gasteiger partial charge on any atom is 0.329 e. The molecule has 2 aromatic rings. The van der Waals surface area contributed by atoms with Crippen molar-refractivity contribution in [2.75, 3.05) is 13.2 Å². The van der Waals surface area contributed by atoms with Gasteiger partial charge in [-0.1, -0.05) is 30.3 Å². The van der Waals surface area contributed by atoms with E-state index in [1.165, 1.54) is 5.56 Å². The Labute approximate surface area is 176 Å². The van der Waals surface area contributed by atoms with Gasteiger partial charge in [0.05, 0.1) is 12.8 Å². The van der Waals surface area contributed by atoms with Crippen LogP contribution in [0.15, 0.2) is 53.9 Å². The summed E-state index contributed by atoms with van der Waals surface area (Å²) < 4.78 is 5.08. The van der Waals surface area contributed by atoms with E-state index in [2.05, 4.69) is 20.7 Å². The molecule has 0 fully saturated rings. The number of benzene rings is 1. The molecule has 0 aliphatic carbocycles. The van der Waals surface area contributed by atoms with Crippen molar-refractivity contribution in [1.82, 2.24) is 15.6 Å². The average molecular weight is 412 g/mol. The van der Waals surface area contributed by atoms with Crippen molar-refractivity contribution in [1.29, 1.82) is 0 Å². The maximum absolute atomic E-state index is 12.2. The van der Waals surface area contributed by atoms with Crippen molar-refractivity contribution >= 4 is 18.2 Å². The molecule has 4 N–H and O–H groups in total. The van der Waals surface area contributed by atoms with Crippen LogP contribution >= 0.6 is 0 Å². The molecule has 0 saturated carbocycles. The zero-order valence-electron chi connectivity index (χ0n) is 17.2. The highest BCUT2D eigenvalue weighted by molar-refractivity contribution is 5.83. The molecule has 0 aliphatic heterocycles. The first-order valence-corrected chi connectivity index (χ1v) is 10.0. The van der Waals surface area contributed by atoms with E-state index in [0.29, 0.717) is 13.0 Å². The van der Waals surface area contributed by atoms with Crippen molar-refractivity contribution in [2.45, 2.75) is 38.6 Å². The number of hydrogen-bond donors (Lipinski definition) is 3. The maximum atomic E-state index is 12.2. The third kappa shape index (κ3) is 8.30. The van der Waals surface area contributed by atoms with Gasteiger partial charge in [0.15, 0.2) is 0 Å². The summed E-state index contributed by atoms with van der Waals surface area (Å²) in [6.45, 7) is 2.51. The summed E-state index contributed by atoms with van der Waals surface area (Å²) in [5.74, 6) is 4.68. The van der Waals surface area contributed by atoms with Crippen LogP contribution in [-0.2, 0) is 22.4 Å². The number of hydrazone groups is 1. The van der Waals surface area contributed by atoms with Gasteiger partial charge in [0.2, 0.25) is 0 Å². The van der Waals surface area contributed by atoms with Gasteiger partial charge < -0.3 is 21.2 Å². The molecule has 0 radical (unpaired) electrons. The van der Waals surface area contributed by atoms with Crippen molar-refractivity contribution in [3.05, 3.63) is 65.5 Å². The Kier molecular flexibility index (Phi) is 9.85. The van der Waals surface area contributed by atoms with Crippen molar-refractivity contribution in [3.8, 4) is 0 Å². The van der Waals surface area contributed by atoms with E-state index in [9.17, 15) is 9.59 Å².